The molecule has 0 atom stereocenters. The van der Waals surface area contributed by atoms with E-state index in [1.165, 1.54) is 6.42 Å². The molecule has 0 aliphatic heterocycles. The number of nitrogens with zero attached hydrogens (tertiary/aromatic N) is 2. The summed E-state index contributed by atoms with van der Waals surface area (Å²) in [5.41, 5.74) is 1.07. The third kappa shape index (κ3) is 5.54. The lowest BCUT2D eigenvalue weighted by Crippen LogP contribution is -2.10. The summed E-state index contributed by atoms with van der Waals surface area (Å²) in [6.07, 6.45) is 6.62. The van der Waals surface area contributed by atoms with Gasteiger partial charge in [-0.05, 0) is 26.2 Å². The number of rotatable bonds is 10. The van der Waals surface area contributed by atoms with Gasteiger partial charge in [-0.2, -0.15) is 0 Å². The summed E-state index contributed by atoms with van der Waals surface area (Å²) >= 11 is 0. The molecule has 4 nitrogen and oxygen atoms in total. The van der Waals surface area contributed by atoms with Crippen molar-refractivity contribution in [2.45, 2.75) is 53.0 Å². The molecule has 0 fully saturated rings. The monoisotopic (exact) mass is 253 g/mol. The fraction of sp³-hybridized carbons (Fsp3) is 0.786. The topological polar surface area (TPSA) is 39.1 Å². The van der Waals surface area contributed by atoms with Gasteiger partial charge < -0.3 is 14.6 Å². The van der Waals surface area contributed by atoms with Crippen LogP contribution in [0.5, 0.6) is 0 Å². The van der Waals surface area contributed by atoms with Crippen molar-refractivity contribution in [3.63, 3.8) is 0 Å². The number of aromatic nitrogens is 2. The summed E-state index contributed by atoms with van der Waals surface area (Å²) < 4.78 is 7.72. The first-order chi connectivity index (χ1) is 8.77. The third-order valence-corrected chi connectivity index (χ3v) is 2.75. The molecule has 0 saturated carbocycles. The Hall–Kier alpha value is -1.03. The van der Waals surface area contributed by atoms with Gasteiger partial charge in [0.25, 0.3) is 0 Å². The molecule has 0 amide bonds. The molecular formula is C14H27N3O. The average Bonchev–Trinajstić information content (AvgIpc) is 2.69. The maximum atomic E-state index is 5.53. The Labute approximate surface area is 111 Å². The molecule has 4 heteroatoms. The van der Waals surface area contributed by atoms with Gasteiger partial charge in [-0.25, -0.2) is 4.98 Å². The number of hydrogen-bond donors (Lipinski definition) is 1. The van der Waals surface area contributed by atoms with Crippen molar-refractivity contribution in [2.24, 2.45) is 0 Å². The standard InChI is InChI=1S/C14H27N3O/c1-4-6-10-18-11-7-8-15-14-16-13(3)12-17(14)9-5-2/h12H,4-11H2,1-3H3,(H,15,16). The van der Waals surface area contributed by atoms with E-state index in [0.29, 0.717) is 0 Å². The Bertz CT molecular complexity index is 323. The van der Waals surface area contributed by atoms with E-state index in [-0.39, 0.29) is 0 Å². The molecular weight excluding hydrogens is 226 g/mol. The number of anilines is 1. The van der Waals surface area contributed by atoms with Crippen LogP contribution in [0.15, 0.2) is 6.20 Å². The van der Waals surface area contributed by atoms with Crippen LogP contribution in [0.1, 0.15) is 45.2 Å². The molecule has 1 aromatic rings. The number of ether oxygens (including phenoxy) is 1. The normalized spacial score (nSPS) is 10.8. The predicted octanol–water partition coefficient (Wildman–Crippen LogP) is 3.22. The van der Waals surface area contributed by atoms with E-state index in [0.717, 1.165) is 57.2 Å². The Kier molecular flexibility index (Phi) is 7.49. The van der Waals surface area contributed by atoms with Gasteiger partial charge in [0.2, 0.25) is 5.95 Å². The summed E-state index contributed by atoms with van der Waals surface area (Å²) in [7, 11) is 0. The molecule has 0 aromatic carbocycles. The number of nitrogens with one attached hydrogen (secondary N) is 1. The third-order valence-electron chi connectivity index (χ3n) is 2.75. The minimum absolute atomic E-state index is 0.834. The van der Waals surface area contributed by atoms with E-state index in [1.54, 1.807) is 0 Å². The molecule has 1 rings (SSSR count). The first kappa shape index (κ1) is 15.0. The Morgan fingerprint density at radius 1 is 1.22 bits per heavy atom. The second kappa shape index (κ2) is 8.97. The summed E-state index contributed by atoms with van der Waals surface area (Å²) in [5.74, 6) is 0.989. The fourth-order valence-electron chi connectivity index (χ4n) is 1.82. The van der Waals surface area contributed by atoms with Gasteiger partial charge in [0.15, 0.2) is 0 Å². The minimum Gasteiger partial charge on any atom is -0.381 e. The summed E-state index contributed by atoms with van der Waals surface area (Å²) in [4.78, 5) is 4.49. The summed E-state index contributed by atoms with van der Waals surface area (Å²) in [5, 5.41) is 3.38. The first-order valence-corrected chi connectivity index (χ1v) is 7.13. The number of imidazole rings is 1. The lowest BCUT2D eigenvalue weighted by atomic mass is 10.4. The van der Waals surface area contributed by atoms with E-state index in [2.05, 4.69) is 34.9 Å². The highest BCUT2D eigenvalue weighted by atomic mass is 16.5. The van der Waals surface area contributed by atoms with Crippen molar-refractivity contribution in [1.82, 2.24) is 9.55 Å². The number of aryl methyl sites for hydroxylation is 2. The molecule has 0 bridgehead atoms. The van der Waals surface area contributed by atoms with Crippen molar-refractivity contribution >= 4 is 5.95 Å². The fourth-order valence-corrected chi connectivity index (χ4v) is 1.82. The molecule has 0 saturated heterocycles. The van der Waals surface area contributed by atoms with E-state index < -0.39 is 0 Å². The Morgan fingerprint density at radius 3 is 2.72 bits per heavy atom. The zero-order chi connectivity index (χ0) is 13.2. The van der Waals surface area contributed by atoms with Crippen LogP contribution in [0.2, 0.25) is 0 Å². The molecule has 0 unspecified atom stereocenters. The smallest absolute Gasteiger partial charge is 0.203 e. The Balaban J connectivity index is 2.18. The largest absolute Gasteiger partial charge is 0.381 e. The van der Waals surface area contributed by atoms with Crippen LogP contribution in [-0.4, -0.2) is 29.3 Å². The summed E-state index contributed by atoms with van der Waals surface area (Å²) in [6.45, 7) is 10.1. The highest BCUT2D eigenvalue weighted by Gasteiger charge is 2.03. The van der Waals surface area contributed by atoms with Crippen LogP contribution < -0.4 is 5.32 Å². The predicted molar refractivity (Wildman–Crippen MR) is 76.1 cm³/mol. The average molecular weight is 253 g/mol. The van der Waals surface area contributed by atoms with Gasteiger partial charge in [0.05, 0.1) is 5.69 Å². The molecule has 1 aromatic heterocycles. The molecule has 104 valence electrons. The molecule has 0 aliphatic carbocycles. The SMILES string of the molecule is CCCCOCCCNc1nc(C)cn1CCC. The van der Waals surface area contributed by atoms with Gasteiger partial charge in [0.1, 0.15) is 0 Å². The van der Waals surface area contributed by atoms with Crippen LogP contribution in [0.25, 0.3) is 0 Å². The van der Waals surface area contributed by atoms with E-state index in [4.69, 9.17) is 4.74 Å². The maximum absolute atomic E-state index is 5.53. The number of unbranched alkanes of at least 4 members (excludes halogenated alkanes) is 1. The van der Waals surface area contributed by atoms with Gasteiger partial charge in [-0.15, -0.1) is 0 Å². The molecule has 1 heterocycles. The summed E-state index contributed by atoms with van der Waals surface area (Å²) in [6, 6.07) is 0. The molecule has 18 heavy (non-hydrogen) atoms. The maximum Gasteiger partial charge on any atom is 0.203 e. The van der Waals surface area contributed by atoms with Gasteiger partial charge in [0, 0.05) is 32.5 Å². The van der Waals surface area contributed by atoms with E-state index >= 15 is 0 Å². The van der Waals surface area contributed by atoms with Gasteiger partial charge in [-0.1, -0.05) is 20.3 Å². The zero-order valence-electron chi connectivity index (χ0n) is 12.0. The molecule has 0 aliphatic rings. The highest BCUT2D eigenvalue weighted by molar-refractivity contribution is 5.28. The first-order valence-electron chi connectivity index (χ1n) is 7.13. The van der Waals surface area contributed by atoms with Crippen molar-refractivity contribution in [3.8, 4) is 0 Å². The molecule has 1 N–H and O–H groups in total. The van der Waals surface area contributed by atoms with Crippen LogP contribution >= 0.6 is 0 Å². The van der Waals surface area contributed by atoms with Crippen molar-refractivity contribution in [2.75, 3.05) is 25.1 Å². The van der Waals surface area contributed by atoms with Gasteiger partial charge >= 0.3 is 0 Å². The highest BCUT2D eigenvalue weighted by Crippen LogP contribution is 2.09. The van der Waals surface area contributed by atoms with E-state index in [1.807, 2.05) is 6.92 Å². The zero-order valence-corrected chi connectivity index (χ0v) is 12.0. The Morgan fingerprint density at radius 2 is 2.00 bits per heavy atom. The van der Waals surface area contributed by atoms with Gasteiger partial charge in [-0.3, -0.25) is 0 Å². The van der Waals surface area contributed by atoms with Crippen LogP contribution in [-0.2, 0) is 11.3 Å². The quantitative estimate of drug-likeness (QED) is 0.651. The van der Waals surface area contributed by atoms with Crippen molar-refractivity contribution < 1.29 is 4.74 Å². The second-order valence-electron chi connectivity index (χ2n) is 4.65. The van der Waals surface area contributed by atoms with Crippen LogP contribution in [0.4, 0.5) is 5.95 Å². The molecule has 0 spiro atoms. The number of hydrogen-bond acceptors (Lipinski definition) is 3. The van der Waals surface area contributed by atoms with Crippen LogP contribution in [0, 0.1) is 6.92 Å². The minimum atomic E-state index is 0.834. The lowest BCUT2D eigenvalue weighted by molar-refractivity contribution is 0.131. The van der Waals surface area contributed by atoms with Crippen molar-refractivity contribution in [3.05, 3.63) is 11.9 Å². The van der Waals surface area contributed by atoms with Crippen molar-refractivity contribution in [1.29, 1.82) is 0 Å². The molecule has 0 radical (unpaired) electrons. The lowest BCUT2D eigenvalue weighted by Gasteiger charge is -2.08. The second-order valence-corrected chi connectivity index (χ2v) is 4.65. The van der Waals surface area contributed by atoms with E-state index in [9.17, 15) is 0 Å². The van der Waals surface area contributed by atoms with Crippen LogP contribution in [0.3, 0.4) is 0 Å².